The molecule has 0 aromatic heterocycles. The number of amides is 2. The molecule has 2 heterocycles. The van der Waals surface area contributed by atoms with Crippen LogP contribution in [-0.4, -0.2) is 67.5 Å². The molecule has 1 aliphatic carbocycles. The number of methoxy groups -OCH3 is 1. The smallest absolute Gasteiger partial charge is 0.228 e. The molecule has 6 heteroatoms. The maximum absolute atomic E-state index is 13.1. The Kier molecular flexibility index (Phi) is 5.58. The molecule has 0 spiro atoms. The number of carbonyl (C=O) groups excluding carboxylic acids is 2. The number of piperazine rings is 1. The van der Waals surface area contributed by atoms with E-state index in [0.29, 0.717) is 18.7 Å². The first-order chi connectivity index (χ1) is 13.6. The molecule has 1 atom stereocenters. The Morgan fingerprint density at radius 1 is 1.11 bits per heavy atom. The van der Waals surface area contributed by atoms with Gasteiger partial charge in [0.05, 0.1) is 18.7 Å². The van der Waals surface area contributed by atoms with Gasteiger partial charge < -0.3 is 14.5 Å². The Balaban J connectivity index is 1.39. The fourth-order valence-corrected chi connectivity index (χ4v) is 4.95. The Bertz CT molecular complexity index is 737. The topological polar surface area (TPSA) is 53.1 Å². The van der Waals surface area contributed by atoms with Crippen LogP contribution in [0.3, 0.4) is 0 Å². The van der Waals surface area contributed by atoms with E-state index < -0.39 is 0 Å². The first-order valence-corrected chi connectivity index (χ1v) is 10.5. The number of ether oxygens (including phenoxy) is 1. The average molecular weight is 386 g/mol. The van der Waals surface area contributed by atoms with Crippen LogP contribution in [0.4, 0.5) is 5.69 Å². The van der Waals surface area contributed by atoms with Crippen molar-refractivity contribution >= 4 is 17.5 Å². The molecule has 1 aromatic rings. The summed E-state index contributed by atoms with van der Waals surface area (Å²) in [5.74, 6) is 0.563. The van der Waals surface area contributed by atoms with Gasteiger partial charge in [-0.25, -0.2) is 0 Å². The third-order valence-corrected chi connectivity index (χ3v) is 6.57. The zero-order valence-corrected chi connectivity index (χ0v) is 17.0. The molecule has 3 fully saturated rings. The van der Waals surface area contributed by atoms with Crippen molar-refractivity contribution < 1.29 is 14.3 Å². The highest BCUT2D eigenvalue weighted by Gasteiger charge is 2.39. The van der Waals surface area contributed by atoms with Gasteiger partial charge in [-0.15, -0.1) is 0 Å². The van der Waals surface area contributed by atoms with E-state index in [0.717, 1.165) is 43.5 Å². The van der Waals surface area contributed by atoms with Crippen LogP contribution in [-0.2, 0) is 9.59 Å². The van der Waals surface area contributed by atoms with Crippen molar-refractivity contribution in [2.24, 2.45) is 5.92 Å². The molecule has 1 aromatic carbocycles. The van der Waals surface area contributed by atoms with Crippen molar-refractivity contribution in [3.63, 3.8) is 0 Å². The van der Waals surface area contributed by atoms with Gasteiger partial charge in [0, 0.05) is 45.2 Å². The third-order valence-electron chi connectivity index (χ3n) is 6.57. The van der Waals surface area contributed by atoms with Crippen molar-refractivity contribution in [1.82, 2.24) is 9.80 Å². The number of carbonyl (C=O) groups is 2. The van der Waals surface area contributed by atoms with Crippen molar-refractivity contribution in [2.45, 2.75) is 45.1 Å². The van der Waals surface area contributed by atoms with Crippen molar-refractivity contribution in [1.29, 1.82) is 0 Å². The summed E-state index contributed by atoms with van der Waals surface area (Å²) in [7, 11) is 1.61. The van der Waals surface area contributed by atoms with Gasteiger partial charge in [0.25, 0.3) is 0 Å². The molecule has 2 saturated heterocycles. The molecule has 2 aliphatic heterocycles. The number of benzene rings is 1. The summed E-state index contributed by atoms with van der Waals surface area (Å²) in [5.41, 5.74) is 1.84. The molecule has 152 valence electrons. The number of anilines is 1. The standard InChI is InChI=1S/C22H31N3O3/c1-16-7-8-20(28-2)19(13-16)25-15-17(14-21(25)26)22(27)24-11-9-23(10-12-24)18-5-3-4-6-18/h7-8,13,17-18H,3-6,9-12,14-15H2,1-2H3. The maximum Gasteiger partial charge on any atom is 0.228 e. The van der Waals surface area contributed by atoms with Crippen LogP contribution >= 0.6 is 0 Å². The molecule has 0 N–H and O–H groups in total. The Labute approximate surface area is 167 Å². The normalized spacial score (nSPS) is 24.2. The number of hydrogen-bond acceptors (Lipinski definition) is 4. The van der Waals surface area contributed by atoms with Crippen LogP contribution in [0, 0.1) is 12.8 Å². The largest absolute Gasteiger partial charge is 0.495 e. The quantitative estimate of drug-likeness (QED) is 0.799. The van der Waals surface area contributed by atoms with Crippen LogP contribution in [0.25, 0.3) is 0 Å². The van der Waals surface area contributed by atoms with E-state index in [1.165, 1.54) is 25.7 Å². The minimum Gasteiger partial charge on any atom is -0.495 e. The van der Waals surface area contributed by atoms with E-state index in [4.69, 9.17) is 4.74 Å². The molecule has 6 nitrogen and oxygen atoms in total. The molecule has 2 amide bonds. The lowest BCUT2D eigenvalue weighted by Gasteiger charge is -2.38. The summed E-state index contributed by atoms with van der Waals surface area (Å²) in [5, 5.41) is 0. The Morgan fingerprint density at radius 3 is 2.50 bits per heavy atom. The SMILES string of the molecule is COc1ccc(C)cc1N1CC(C(=O)N2CCN(C3CCCC3)CC2)CC1=O. The second kappa shape index (κ2) is 8.11. The fraction of sp³-hybridized carbons (Fsp3) is 0.636. The summed E-state index contributed by atoms with van der Waals surface area (Å²) in [4.78, 5) is 32.0. The van der Waals surface area contributed by atoms with E-state index in [1.54, 1.807) is 12.0 Å². The molecule has 3 aliphatic rings. The summed E-state index contributed by atoms with van der Waals surface area (Å²) in [6.45, 7) is 5.94. The molecule has 0 radical (unpaired) electrons. The van der Waals surface area contributed by atoms with Crippen LogP contribution < -0.4 is 9.64 Å². The van der Waals surface area contributed by atoms with E-state index in [1.807, 2.05) is 30.0 Å². The van der Waals surface area contributed by atoms with Crippen LogP contribution in [0.15, 0.2) is 18.2 Å². The first kappa shape index (κ1) is 19.2. The highest BCUT2D eigenvalue weighted by atomic mass is 16.5. The lowest BCUT2D eigenvalue weighted by Crippen LogP contribution is -2.52. The summed E-state index contributed by atoms with van der Waals surface area (Å²) in [6, 6.07) is 6.53. The van der Waals surface area contributed by atoms with Gasteiger partial charge in [-0.2, -0.15) is 0 Å². The highest BCUT2D eigenvalue weighted by Crippen LogP contribution is 2.34. The van der Waals surface area contributed by atoms with Gasteiger partial charge in [-0.3, -0.25) is 14.5 Å². The maximum atomic E-state index is 13.1. The van der Waals surface area contributed by atoms with Gasteiger partial charge in [-0.05, 0) is 37.5 Å². The van der Waals surface area contributed by atoms with Gasteiger partial charge >= 0.3 is 0 Å². The van der Waals surface area contributed by atoms with E-state index in [-0.39, 0.29) is 17.7 Å². The number of rotatable bonds is 4. The Hall–Kier alpha value is -2.08. The molecular weight excluding hydrogens is 354 g/mol. The summed E-state index contributed by atoms with van der Waals surface area (Å²) in [6.07, 6.45) is 5.58. The first-order valence-electron chi connectivity index (χ1n) is 10.5. The molecule has 4 rings (SSSR count). The monoisotopic (exact) mass is 385 g/mol. The lowest BCUT2D eigenvalue weighted by atomic mass is 10.1. The zero-order chi connectivity index (χ0) is 19.7. The van der Waals surface area contributed by atoms with Gasteiger partial charge in [-0.1, -0.05) is 18.9 Å². The van der Waals surface area contributed by atoms with E-state index >= 15 is 0 Å². The number of hydrogen-bond donors (Lipinski definition) is 0. The average Bonchev–Trinajstić information content (AvgIpc) is 3.37. The zero-order valence-electron chi connectivity index (χ0n) is 17.0. The third kappa shape index (κ3) is 3.75. The van der Waals surface area contributed by atoms with Crippen molar-refractivity contribution in [2.75, 3.05) is 44.7 Å². The highest BCUT2D eigenvalue weighted by molar-refractivity contribution is 6.01. The van der Waals surface area contributed by atoms with Crippen molar-refractivity contribution in [3.05, 3.63) is 23.8 Å². The van der Waals surface area contributed by atoms with Crippen molar-refractivity contribution in [3.8, 4) is 5.75 Å². The molecule has 0 bridgehead atoms. The molecule has 1 unspecified atom stereocenters. The van der Waals surface area contributed by atoms with Crippen LogP contribution in [0.2, 0.25) is 0 Å². The molecule has 28 heavy (non-hydrogen) atoms. The fourth-order valence-electron chi connectivity index (χ4n) is 4.95. The van der Waals surface area contributed by atoms with E-state index in [9.17, 15) is 9.59 Å². The van der Waals surface area contributed by atoms with Crippen LogP contribution in [0.5, 0.6) is 5.75 Å². The Morgan fingerprint density at radius 2 is 1.82 bits per heavy atom. The minimum absolute atomic E-state index is 0.00633. The second-order valence-electron chi connectivity index (χ2n) is 8.38. The number of aryl methyl sites for hydroxylation is 1. The van der Waals surface area contributed by atoms with Crippen LogP contribution in [0.1, 0.15) is 37.7 Å². The molecular formula is C22H31N3O3. The predicted molar refractivity (Wildman–Crippen MR) is 109 cm³/mol. The minimum atomic E-state index is -0.254. The summed E-state index contributed by atoms with van der Waals surface area (Å²) >= 11 is 0. The predicted octanol–water partition coefficient (Wildman–Crippen LogP) is 2.44. The second-order valence-corrected chi connectivity index (χ2v) is 8.38. The van der Waals surface area contributed by atoms with Gasteiger partial charge in [0.2, 0.25) is 11.8 Å². The lowest BCUT2D eigenvalue weighted by molar-refractivity contribution is -0.137. The number of nitrogens with zero attached hydrogens (tertiary/aromatic N) is 3. The van der Waals surface area contributed by atoms with E-state index in [2.05, 4.69) is 4.90 Å². The summed E-state index contributed by atoms with van der Waals surface area (Å²) < 4.78 is 5.44. The molecule has 1 saturated carbocycles. The van der Waals surface area contributed by atoms with Gasteiger partial charge in [0.1, 0.15) is 5.75 Å². The van der Waals surface area contributed by atoms with Gasteiger partial charge in [0.15, 0.2) is 0 Å².